The molecule has 27 heavy (non-hydrogen) atoms. The maximum Gasteiger partial charge on any atom is 0.238 e. The van der Waals surface area contributed by atoms with E-state index in [1.807, 2.05) is 37.3 Å². The summed E-state index contributed by atoms with van der Waals surface area (Å²) in [5.74, 6) is 1.72. The molecule has 4 rings (SSSR count). The maximum absolute atomic E-state index is 12.4. The Labute approximate surface area is 162 Å². The molecule has 1 aliphatic rings. The molecule has 2 atom stereocenters. The van der Waals surface area contributed by atoms with Crippen molar-refractivity contribution >= 4 is 17.2 Å². The third kappa shape index (κ3) is 4.27. The van der Waals surface area contributed by atoms with E-state index in [-0.39, 0.29) is 18.0 Å². The first-order valence-electron chi connectivity index (χ1n) is 9.04. The predicted octanol–water partition coefficient (Wildman–Crippen LogP) is 2.98. The van der Waals surface area contributed by atoms with Crippen LogP contribution in [0, 0.1) is 6.92 Å². The Morgan fingerprint density at radius 2 is 2.11 bits per heavy atom. The second-order valence-electron chi connectivity index (χ2n) is 6.61. The lowest BCUT2D eigenvalue weighted by atomic mass is 10.1. The summed E-state index contributed by atoms with van der Waals surface area (Å²) in [5.41, 5.74) is 8.29. The number of aromatic nitrogens is 1. The van der Waals surface area contributed by atoms with Crippen LogP contribution in [0.3, 0.4) is 0 Å². The third-order valence-corrected chi connectivity index (χ3v) is 5.49. The third-order valence-electron chi connectivity index (χ3n) is 4.58. The van der Waals surface area contributed by atoms with Gasteiger partial charge in [0.15, 0.2) is 0 Å². The average molecular weight is 382 g/mol. The fraction of sp³-hybridized carbons (Fsp3) is 0.300. The molecule has 0 radical (unpaired) electrons. The van der Waals surface area contributed by atoms with Gasteiger partial charge in [-0.15, -0.1) is 11.3 Å². The molecule has 0 saturated carbocycles. The van der Waals surface area contributed by atoms with Crippen molar-refractivity contribution < 1.29 is 9.21 Å². The van der Waals surface area contributed by atoms with E-state index in [1.54, 1.807) is 11.3 Å². The molecule has 3 N–H and O–H groups in total. The number of benzene rings is 1. The summed E-state index contributed by atoms with van der Waals surface area (Å²) in [6.07, 6.45) is 1.39. The highest BCUT2D eigenvalue weighted by atomic mass is 32.1. The van der Waals surface area contributed by atoms with Crippen LogP contribution in [-0.4, -0.2) is 23.5 Å². The molecule has 3 aromatic rings. The van der Waals surface area contributed by atoms with Gasteiger partial charge in [0.25, 0.3) is 0 Å². The molecule has 140 valence electrons. The van der Waals surface area contributed by atoms with Gasteiger partial charge in [-0.05, 0) is 25.5 Å². The van der Waals surface area contributed by atoms with Gasteiger partial charge in [-0.25, -0.2) is 15.8 Å². The van der Waals surface area contributed by atoms with Crippen LogP contribution < -0.4 is 16.2 Å². The van der Waals surface area contributed by atoms with Crippen molar-refractivity contribution in [1.29, 1.82) is 0 Å². The smallest absolute Gasteiger partial charge is 0.238 e. The lowest BCUT2D eigenvalue weighted by Gasteiger charge is -2.09. The number of amides is 1. The van der Waals surface area contributed by atoms with Gasteiger partial charge < -0.3 is 9.73 Å². The normalized spacial score (nSPS) is 19.3. The Morgan fingerprint density at radius 3 is 2.89 bits per heavy atom. The molecule has 1 amide bonds. The molecule has 2 aromatic heterocycles. The highest BCUT2D eigenvalue weighted by Gasteiger charge is 2.31. The van der Waals surface area contributed by atoms with E-state index >= 15 is 0 Å². The number of furan rings is 1. The van der Waals surface area contributed by atoms with Crippen LogP contribution in [0.25, 0.3) is 11.3 Å². The van der Waals surface area contributed by atoms with Crippen LogP contribution in [0.4, 0.5) is 0 Å². The Morgan fingerprint density at radius 1 is 1.26 bits per heavy atom. The lowest BCUT2D eigenvalue weighted by Crippen LogP contribution is -2.43. The molecular formula is C20H22N4O2S. The molecule has 0 spiro atoms. The number of nitrogens with one attached hydrogen (secondary N) is 3. The van der Waals surface area contributed by atoms with Gasteiger partial charge >= 0.3 is 0 Å². The first kappa shape index (κ1) is 17.9. The average Bonchev–Trinajstić information content (AvgIpc) is 3.43. The molecule has 1 fully saturated rings. The largest absolute Gasteiger partial charge is 0.465 e. The van der Waals surface area contributed by atoms with E-state index in [4.69, 9.17) is 4.42 Å². The molecular weight excluding hydrogens is 360 g/mol. The molecule has 3 heterocycles. The van der Waals surface area contributed by atoms with Gasteiger partial charge in [-0.3, -0.25) is 4.79 Å². The number of aryl methyl sites for hydroxylation is 1. The molecule has 7 heteroatoms. The standard InChI is InChI=1S/C20H22N4O2S/c1-13-7-8-18(26-13)15-11-16(24-23-15)20(25)21-10-9-19-22-17(12-27-19)14-5-3-2-4-6-14/h2-8,12,15-16,23-24H,9-11H2,1H3,(H,21,25). The SMILES string of the molecule is Cc1ccc(C2CC(C(=O)NCCc3nc(-c4ccccc4)cs3)NN2)o1. The second kappa shape index (κ2) is 8.04. The summed E-state index contributed by atoms with van der Waals surface area (Å²) in [5, 5.41) is 6.08. The number of hydrogen-bond donors (Lipinski definition) is 3. The Kier molecular flexibility index (Phi) is 5.33. The number of hydrogen-bond acceptors (Lipinski definition) is 6. The summed E-state index contributed by atoms with van der Waals surface area (Å²) in [4.78, 5) is 17.0. The Hall–Kier alpha value is -2.48. The molecule has 1 aromatic carbocycles. The van der Waals surface area contributed by atoms with Crippen molar-refractivity contribution in [2.75, 3.05) is 6.54 Å². The number of hydrazine groups is 1. The van der Waals surface area contributed by atoms with Gasteiger partial charge in [-0.1, -0.05) is 30.3 Å². The summed E-state index contributed by atoms with van der Waals surface area (Å²) in [7, 11) is 0. The van der Waals surface area contributed by atoms with Gasteiger partial charge in [-0.2, -0.15) is 0 Å². The highest BCUT2D eigenvalue weighted by molar-refractivity contribution is 7.09. The van der Waals surface area contributed by atoms with Crippen LogP contribution >= 0.6 is 11.3 Å². The van der Waals surface area contributed by atoms with E-state index < -0.39 is 0 Å². The van der Waals surface area contributed by atoms with E-state index in [1.165, 1.54) is 0 Å². The van der Waals surface area contributed by atoms with Crippen molar-refractivity contribution in [3.8, 4) is 11.3 Å². The van der Waals surface area contributed by atoms with E-state index in [9.17, 15) is 4.79 Å². The summed E-state index contributed by atoms with van der Waals surface area (Å²) in [6, 6.07) is 13.7. The van der Waals surface area contributed by atoms with Gasteiger partial charge in [0.1, 0.15) is 17.6 Å². The number of thiazole rings is 1. The summed E-state index contributed by atoms with van der Waals surface area (Å²) >= 11 is 1.63. The molecule has 2 unspecified atom stereocenters. The number of carbonyl (C=O) groups excluding carboxylic acids is 1. The van der Waals surface area contributed by atoms with Gasteiger partial charge in [0, 0.05) is 23.9 Å². The number of rotatable bonds is 6. The van der Waals surface area contributed by atoms with Crippen LogP contribution in [0.2, 0.25) is 0 Å². The quantitative estimate of drug-likeness (QED) is 0.611. The highest BCUT2D eigenvalue weighted by Crippen LogP contribution is 2.24. The molecule has 6 nitrogen and oxygen atoms in total. The monoisotopic (exact) mass is 382 g/mol. The minimum absolute atomic E-state index is 0.00637. The second-order valence-corrected chi connectivity index (χ2v) is 7.55. The summed E-state index contributed by atoms with van der Waals surface area (Å²) < 4.78 is 5.63. The Balaban J connectivity index is 1.25. The van der Waals surface area contributed by atoms with Gasteiger partial charge in [0.05, 0.1) is 16.7 Å². The fourth-order valence-electron chi connectivity index (χ4n) is 3.14. The fourth-order valence-corrected chi connectivity index (χ4v) is 3.95. The molecule has 1 aliphatic heterocycles. The van der Waals surface area contributed by atoms with Crippen molar-refractivity contribution in [2.24, 2.45) is 0 Å². The van der Waals surface area contributed by atoms with Crippen LogP contribution in [0.5, 0.6) is 0 Å². The topological polar surface area (TPSA) is 79.2 Å². The van der Waals surface area contributed by atoms with Crippen LogP contribution in [-0.2, 0) is 11.2 Å². The van der Waals surface area contributed by atoms with Crippen LogP contribution in [0.15, 0.2) is 52.3 Å². The lowest BCUT2D eigenvalue weighted by molar-refractivity contribution is -0.122. The number of nitrogens with zero attached hydrogens (tertiary/aromatic N) is 1. The van der Waals surface area contributed by atoms with Crippen molar-refractivity contribution in [1.82, 2.24) is 21.2 Å². The first-order chi connectivity index (χ1) is 13.2. The summed E-state index contributed by atoms with van der Waals surface area (Å²) in [6.45, 7) is 2.49. The van der Waals surface area contributed by atoms with E-state index in [0.717, 1.165) is 34.2 Å². The molecule has 0 bridgehead atoms. The maximum atomic E-state index is 12.4. The van der Waals surface area contributed by atoms with Crippen molar-refractivity contribution in [3.63, 3.8) is 0 Å². The zero-order chi connectivity index (χ0) is 18.6. The zero-order valence-electron chi connectivity index (χ0n) is 15.1. The van der Waals surface area contributed by atoms with E-state index in [0.29, 0.717) is 13.0 Å². The zero-order valence-corrected chi connectivity index (χ0v) is 15.9. The van der Waals surface area contributed by atoms with Crippen molar-refractivity contribution in [3.05, 3.63) is 64.4 Å². The molecule has 1 saturated heterocycles. The Bertz CT molecular complexity index is 906. The van der Waals surface area contributed by atoms with Crippen molar-refractivity contribution in [2.45, 2.75) is 31.8 Å². The minimum atomic E-state index is -0.267. The minimum Gasteiger partial charge on any atom is -0.465 e. The van der Waals surface area contributed by atoms with Crippen LogP contribution in [0.1, 0.15) is 29.0 Å². The predicted molar refractivity (Wildman–Crippen MR) is 105 cm³/mol. The first-order valence-corrected chi connectivity index (χ1v) is 9.92. The van der Waals surface area contributed by atoms with Gasteiger partial charge in [0.2, 0.25) is 5.91 Å². The van der Waals surface area contributed by atoms with E-state index in [2.05, 4.69) is 38.7 Å². The number of carbonyl (C=O) groups is 1. The molecule has 0 aliphatic carbocycles.